The van der Waals surface area contributed by atoms with Crippen LogP contribution in [0.25, 0.3) is 10.9 Å². The molecule has 1 aromatic heterocycles. The fraction of sp³-hybridized carbons (Fsp3) is 0.333. The second-order valence-corrected chi connectivity index (χ2v) is 8.05. The van der Waals surface area contributed by atoms with Crippen molar-refractivity contribution in [2.24, 2.45) is 15.4 Å². The van der Waals surface area contributed by atoms with Gasteiger partial charge in [-0.2, -0.15) is 0 Å². The van der Waals surface area contributed by atoms with E-state index < -0.39 is 5.91 Å². The highest BCUT2D eigenvalue weighted by atomic mass is 16.6. The van der Waals surface area contributed by atoms with E-state index in [2.05, 4.69) is 32.2 Å². The number of aromatic nitrogens is 1. The predicted molar refractivity (Wildman–Crippen MR) is 129 cm³/mol. The molecule has 0 unspecified atom stereocenters. The van der Waals surface area contributed by atoms with E-state index in [4.69, 9.17) is 9.57 Å². The number of oxime groups is 1. The minimum atomic E-state index is -0.609. The van der Waals surface area contributed by atoms with Crippen LogP contribution in [-0.2, 0) is 16.3 Å². The molecular formula is C24H28N6O4. The summed E-state index contributed by atoms with van der Waals surface area (Å²) in [7, 11) is 3.70. The van der Waals surface area contributed by atoms with Gasteiger partial charge in [-0.05, 0) is 42.9 Å². The van der Waals surface area contributed by atoms with Gasteiger partial charge in [-0.15, -0.1) is 10.2 Å². The van der Waals surface area contributed by atoms with Crippen LogP contribution in [0.3, 0.4) is 0 Å². The lowest BCUT2D eigenvalue weighted by atomic mass is 10.2. The average molecular weight is 465 g/mol. The number of amides is 1. The van der Waals surface area contributed by atoms with E-state index in [1.165, 1.54) is 6.21 Å². The number of piperazine rings is 1. The van der Waals surface area contributed by atoms with Crippen LogP contribution in [-0.4, -0.2) is 78.5 Å². The van der Waals surface area contributed by atoms with Crippen molar-refractivity contribution < 1.29 is 19.5 Å². The first-order valence-corrected chi connectivity index (χ1v) is 11.0. The maximum Gasteiger partial charge on any atom is 0.304 e. The van der Waals surface area contributed by atoms with E-state index in [0.717, 1.165) is 48.4 Å². The zero-order chi connectivity index (χ0) is 23.9. The molecule has 0 aliphatic carbocycles. The SMILES string of the molecule is COc1ccc(C=NOCC(=O)N=Nc2c(O)n(CN3CCN(C)CC3)c3ccccc23)cc1. The summed E-state index contributed by atoms with van der Waals surface area (Å²) in [6, 6.07) is 14.8. The fourth-order valence-corrected chi connectivity index (χ4v) is 3.72. The Hall–Kier alpha value is -3.76. The summed E-state index contributed by atoms with van der Waals surface area (Å²) < 4.78 is 6.90. The number of fused-ring (bicyclic) bond motifs is 1. The number of nitrogens with zero attached hydrogens (tertiary/aromatic N) is 6. The Bertz CT molecular complexity index is 1180. The van der Waals surface area contributed by atoms with Gasteiger partial charge in [0, 0.05) is 31.6 Å². The summed E-state index contributed by atoms with van der Waals surface area (Å²) in [5.41, 5.74) is 1.90. The van der Waals surface area contributed by atoms with Crippen LogP contribution >= 0.6 is 0 Å². The van der Waals surface area contributed by atoms with Crippen molar-refractivity contribution in [1.82, 2.24) is 14.4 Å². The maximum atomic E-state index is 12.1. The van der Waals surface area contributed by atoms with Crippen molar-refractivity contribution in [2.45, 2.75) is 6.67 Å². The van der Waals surface area contributed by atoms with Crippen LogP contribution in [0.1, 0.15) is 5.56 Å². The molecule has 4 rings (SSSR count). The van der Waals surface area contributed by atoms with Gasteiger partial charge in [0.25, 0.3) is 0 Å². The van der Waals surface area contributed by atoms with Crippen molar-refractivity contribution in [2.75, 3.05) is 46.9 Å². The van der Waals surface area contributed by atoms with Crippen molar-refractivity contribution in [3.8, 4) is 11.6 Å². The number of rotatable bonds is 8. The normalized spacial score (nSPS) is 15.5. The monoisotopic (exact) mass is 464 g/mol. The Labute approximate surface area is 197 Å². The van der Waals surface area contributed by atoms with Crippen molar-refractivity contribution in [3.05, 3.63) is 54.1 Å². The number of aromatic hydroxyl groups is 1. The van der Waals surface area contributed by atoms with E-state index in [9.17, 15) is 9.90 Å². The summed E-state index contributed by atoms with van der Waals surface area (Å²) in [4.78, 5) is 21.7. The van der Waals surface area contributed by atoms with E-state index in [1.807, 2.05) is 36.4 Å². The molecular weight excluding hydrogens is 436 g/mol. The van der Waals surface area contributed by atoms with Gasteiger partial charge >= 0.3 is 5.91 Å². The molecule has 1 N–H and O–H groups in total. The highest BCUT2D eigenvalue weighted by molar-refractivity contribution is 5.95. The molecule has 10 heteroatoms. The Morgan fingerprint density at radius 3 is 2.56 bits per heavy atom. The number of hydrogen-bond donors (Lipinski definition) is 1. The number of hydrogen-bond acceptors (Lipinski definition) is 8. The van der Waals surface area contributed by atoms with Crippen LogP contribution in [0.5, 0.6) is 11.6 Å². The number of likely N-dealkylation sites (N-methyl/N-ethyl adjacent to an activating group) is 1. The minimum absolute atomic E-state index is 0.0184. The fourth-order valence-electron chi connectivity index (χ4n) is 3.72. The summed E-state index contributed by atoms with van der Waals surface area (Å²) in [6.07, 6.45) is 1.49. The molecule has 1 aliphatic heterocycles. The first kappa shape index (κ1) is 23.4. The molecule has 1 amide bonds. The van der Waals surface area contributed by atoms with Gasteiger partial charge in [0.05, 0.1) is 25.5 Å². The third kappa shape index (κ3) is 5.59. The van der Waals surface area contributed by atoms with Crippen LogP contribution in [0, 0.1) is 0 Å². The summed E-state index contributed by atoms with van der Waals surface area (Å²) >= 11 is 0. The molecule has 1 saturated heterocycles. The van der Waals surface area contributed by atoms with Crippen LogP contribution in [0.2, 0.25) is 0 Å². The molecule has 0 atom stereocenters. The van der Waals surface area contributed by atoms with Crippen molar-refractivity contribution in [1.29, 1.82) is 0 Å². The molecule has 2 aromatic carbocycles. The van der Waals surface area contributed by atoms with Gasteiger partial charge in [-0.25, -0.2) is 0 Å². The number of methoxy groups -OCH3 is 1. The molecule has 34 heavy (non-hydrogen) atoms. The zero-order valence-corrected chi connectivity index (χ0v) is 19.3. The van der Waals surface area contributed by atoms with Gasteiger partial charge in [0.15, 0.2) is 12.3 Å². The third-order valence-corrected chi connectivity index (χ3v) is 5.70. The first-order valence-electron chi connectivity index (χ1n) is 11.0. The molecule has 0 spiro atoms. The highest BCUT2D eigenvalue weighted by Gasteiger charge is 2.20. The molecule has 1 fully saturated rings. The molecule has 0 saturated carbocycles. The van der Waals surface area contributed by atoms with E-state index in [1.54, 1.807) is 23.8 Å². The van der Waals surface area contributed by atoms with E-state index >= 15 is 0 Å². The molecule has 2 heterocycles. The predicted octanol–water partition coefficient (Wildman–Crippen LogP) is 3.22. The standard InChI is InChI=1S/C24H28N6O4/c1-28-11-13-29(14-12-28)17-30-21-6-4-3-5-20(21)23(24(30)32)27-26-22(31)16-34-25-15-18-7-9-19(33-2)10-8-18/h3-10,15,32H,11-14,16-17H2,1-2H3. The number of carbonyl (C=O) groups excluding carboxylic acids is 1. The molecule has 0 bridgehead atoms. The Kier molecular flexibility index (Phi) is 7.51. The second kappa shape index (κ2) is 10.9. The Morgan fingerprint density at radius 2 is 1.82 bits per heavy atom. The number of carbonyl (C=O) groups is 1. The largest absolute Gasteiger partial charge is 0.497 e. The van der Waals surface area contributed by atoms with E-state index in [-0.39, 0.29) is 18.2 Å². The smallest absolute Gasteiger partial charge is 0.304 e. The Morgan fingerprint density at radius 1 is 1.09 bits per heavy atom. The van der Waals surface area contributed by atoms with E-state index in [0.29, 0.717) is 6.67 Å². The summed E-state index contributed by atoms with van der Waals surface area (Å²) in [6.45, 7) is 3.94. The topological polar surface area (TPSA) is 104 Å². The number of azo groups is 1. The zero-order valence-electron chi connectivity index (χ0n) is 19.3. The third-order valence-electron chi connectivity index (χ3n) is 5.70. The lowest BCUT2D eigenvalue weighted by molar-refractivity contribution is -0.122. The quantitative estimate of drug-likeness (QED) is 0.312. The lowest BCUT2D eigenvalue weighted by Gasteiger charge is -2.32. The number of ether oxygens (including phenoxy) is 1. The average Bonchev–Trinajstić information content (AvgIpc) is 3.13. The number of benzene rings is 2. The van der Waals surface area contributed by atoms with Gasteiger partial charge in [0.2, 0.25) is 5.88 Å². The molecule has 1 aliphatic rings. The minimum Gasteiger partial charge on any atom is -0.497 e. The second-order valence-electron chi connectivity index (χ2n) is 8.05. The van der Waals surface area contributed by atoms with Crippen LogP contribution in [0.15, 0.2) is 63.9 Å². The van der Waals surface area contributed by atoms with Gasteiger partial charge in [-0.1, -0.05) is 23.4 Å². The highest BCUT2D eigenvalue weighted by Crippen LogP contribution is 2.39. The summed E-state index contributed by atoms with van der Waals surface area (Å²) in [5.74, 6) is 0.110. The summed E-state index contributed by atoms with van der Waals surface area (Å²) in [5, 5.41) is 23.2. The van der Waals surface area contributed by atoms with Gasteiger partial charge < -0.3 is 19.6 Å². The molecule has 0 radical (unpaired) electrons. The van der Waals surface area contributed by atoms with Gasteiger partial charge in [-0.3, -0.25) is 14.3 Å². The lowest BCUT2D eigenvalue weighted by Crippen LogP contribution is -2.44. The Balaban J connectivity index is 1.40. The maximum absolute atomic E-state index is 12.1. The van der Waals surface area contributed by atoms with Crippen LogP contribution in [0.4, 0.5) is 5.69 Å². The van der Waals surface area contributed by atoms with Gasteiger partial charge in [0.1, 0.15) is 5.75 Å². The first-order chi connectivity index (χ1) is 16.5. The molecule has 178 valence electrons. The van der Waals surface area contributed by atoms with Crippen molar-refractivity contribution >= 4 is 28.7 Å². The number of para-hydroxylation sites is 1. The van der Waals surface area contributed by atoms with Crippen LogP contribution < -0.4 is 4.74 Å². The van der Waals surface area contributed by atoms with Crippen molar-refractivity contribution in [3.63, 3.8) is 0 Å². The molecule has 3 aromatic rings. The molecule has 10 nitrogen and oxygen atoms in total.